The molecule has 0 aromatic carbocycles. The Labute approximate surface area is 168 Å². The van der Waals surface area contributed by atoms with E-state index in [1.54, 1.807) is 0 Å². The van der Waals surface area contributed by atoms with Gasteiger partial charge in [0, 0.05) is 13.2 Å². The molecule has 0 saturated heterocycles. The number of unbranched alkanes of at least 4 members (excludes halogenated alkanes) is 3. The maximum atomic E-state index is 5.69. The van der Waals surface area contributed by atoms with Gasteiger partial charge < -0.3 is 19.5 Å². The molecule has 0 aliphatic heterocycles. The normalized spacial score (nSPS) is 13.6. The third-order valence-corrected chi connectivity index (χ3v) is 8.30. The first-order valence-electron chi connectivity index (χ1n) is 10.9. The first kappa shape index (κ1) is 26.3. The van der Waals surface area contributed by atoms with E-state index in [9.17, 15) is 0 Å². The Morgan fingerprint density at radius 3 is 1.35 bits per heavy atom. The Balaban J connectivity index is 3.34. The molecule has 0 bridgehead atoms. The predicted octanol–water partition coefficient (Wildman–Crippen LogP) is 3.14. The van der Waals surface area contributed by atoms with Crippen LogP contribution in [0.15, 0.2) is 0 Å². The Morgan fingerprint density at radius 1 is 0.615 bits per heavy atom. The summed E-state index contributed by atoms with van der Waals surface area (Å²) in [6.45, 7) is 20.0. The molecule has 6 heteroatoms. The molecule has 0 fully saturated rings. The minimum absolute atomic E-state index is 0.384. The Kier molecular flexibility index (Phi) is 16.4. The fraction of sp³-hybridized carbons (Fsp3) is 1.00. The maximum absolute atomic E-state index is 5.69. The Hall–Kier alpha value is 0.274. The monoisotopic (exact) mass is 404 g/mol. The largest absolute Gasteiger partial charge is 0.424 e. The maximum Gasteiger partial charge on any atom is 0.167 e. The van der Waals surface area contributed by atoms with Crippen molar-refractivity contribution in [2.75, 3.05) is 39.4 Å². The molecule has 0 spiro atoms. The second kappa shape index (κ2) is 16.2. The van der Waals surface area contributed by atoms with Crippen LogP contribution in [0.1, 0.15) is 80.1 Å². The van der Waals surface area contributed by atoms with Crippen LogP contribution in [0.2, 0.25) is 10.1 Å². The summed E-state index contributed by atoms with van der Waals surface area (Å²) >= 11 is 0. The molecule has 0 aromatic rings. The van der Waals surface area contributed by atoms with E-state index >= 15 is 0 Å². The van der Waals surface area contributed by atoms with Gasteiger partial charge in [0.05, 0.1) is 0 Å². The van der Waals surface area contributed by atoms with Crippen LogP contribution in [0.3, 0.4) is 0 Å². The third kappa shape index (κ3) is 17.7. The number of nitrogens with one attached hydrogen (secondary N) is 2. The smallest absolute Gasteiger partial charge is 0.167 e. The summed E-state index contributed by atoms with van der Waals surface area (Å²) in [5.74, 6) is 0. The topological polar surface area (TPSA) is 42.5 Å². The van der Waals surface area contributed by atoms with E-state index < -0.39 is 0 Å². The van der Waals surface area contributed by atoms with Gasteiger partial charge in [-0.05, 0) is 75.8 Å². The summed E-state index contributed by atoms with van der Waals surface area (Å²) in [6, 6.07) is 0. The SMILES string of the molecule is CCO[SiH2]C(C)(C)CCNCCCCCCNCCC(C)(C)[SiH2]OCC. The zero-order valence-electron chi connectivity index (χ0n) is 18.7. The van der Waals surface area contributed by atoms with Crippen LogP contribution < -0.4 is 10.6 Å². The minimum atomic E-state index is -0.384. The van der Waals surface area contributed by atoms with E-state index in [4.69, 9.17) is 8.85 Å². The van der Waals surface area contributed by atoms with Gasteiger partial charge >= 0.3 is 0 Å². The van der Waals surface area contributed by atoms with Crippen molar-refractivity contribution in [3.8, 4) is 0 Å². The van der Waals surface area contributed by atoms with Crippen molar-refractivity contribution < 1.29 is 8.85 Å². The van der Waals surface area contributed by atoms with Gasteiger partial charge in [0.15, 0.2) is 19.5 Å². The minimum Gasteiger partial charge on any atom is -0.424 e. The van der Waals surface area contributed by atoms with E-state index in [0.29, 0.717) is 10.1 Å². The van der Waals surface area contributed by atoms with Crippen LogP contribution in [0.4, 0.5) is 0 Å². The second-order valence-corrected chi connectivity index (χ2v) is 14.2. The molecule has 0 saturated carbocycles. The van der Waals surface area contributed by atoms with Crippen LogP contribution in [0.5, 0.6) is 0 Å². The van der Waals surface area contributed by atoms with Gasteiger partial charge in [0.1, 0.15) is 0 Å². The molecule has 0 atom stereocenters. The lowest BCUT2D eigenvalue weighted by Crippen LogP contribution is -2.25. The van der Waals surface area contributed by atoms with E-state index in [0.717, 1.165) is 39.4 Å². The Bertz CT molecular complexity index is 286. The molecular formula is C20H48N2O2Si2. The van der Waals surface area contributed by atoms with Crippen molar-refractivity contribution in [1.29, 1.82) is 0 Å². The number of hydrogen-bond donors (Lipinski definition) is 2. The average molecular weight is 405 g/mol. The fourth-order valence-electron chi connectivity index (χ4n) is 2.86. The zero-order chi connectivity index (χ0) is 19.7. The van der Waals surface area contributed by atoms with Gasteiger partial charge in [-0.1, -0.05) is 40.5 Å². The van der Waals surface area contributed by atoms with Crippen LogP contribution in [-0.2, 0) is 8.85 Å². The quantitative estimate of drug-likeness (QED) is 0.256. The summed E-state index contributed by atoms with van der Waals surface area (Å²) in [4.78, 5) is 0. The Morgan fingerprint density at radius 2 is 1.00 bits per heavy atom. The van der Waals surface area contributed by atoms with Crippen molar-refractivity contribution in [3.05, 3.63) is 0 Å². The zero-order valence-corrected chi connectivity index (χ0v) is 21.5. The number of hydrogen-bond acceptors (Lipinski definition) is 4. The molecule has 0 aromatic heterocycles. The fourth-order valence-corrected chi connectivity index (χ4v) is 5.01. The second-order valence-electron chi connectivity index (χ2n) is 9.02. The van der Waals surface area contributed by atoms with Crippen molar-refractivity contribution in [2.45, 2.75) is 90.1 Å². The van der Waals surface area contributed by atoms with E-state index in [-0.39, 0.29) is 19.5 Å². The molecule has 2 N–H and O–H groups in total. The van der Waals surface area contributed by atoms with Crippen LogP contribution in [0.25, 0.3) is 0 Å². The van der Waals surface area contributed by atoms with Crippen LogP contribution in [-0.4, -0.2) is 58.9 Å². The summed E-state index contributed by atoms with van der Waals surface area (Å²) in [7, 11) is -0.768. The summed E-state index contributed by atoms with van der Waals surface area (Å²) < 4.78 is 11.4. The molecule has 0 aliphatic rings. The molecule has 0 heterocycles. The first-order chi connectivity index (χ1) is 12.3. The van der Waals surface area contributed by atoms with Crippen molar-refractivity contribution in [2.24, 2.45) is 0 Å². The van der Waals surface area contributed by atoms with Gasteiger partial charge in [-0.25, -0.2) is 0 Å². The lowest BCUT2D eigenvalue weighted by Gasteiger charge is -2.23. The van der Waals surface area contributed by atoms with Gasteiger partial charge in [-0.3, -0.25) is 0 Å². The van der Waals surface area contributed by atoms with Crippen LogP contribution >= 0.6 is 0 Å². The average Bonchev–Trinajstić information content (AvgIpc) is 2.59. The molecule has 0 unspecified atom stereocenters. The molecule has 158 valence electrons. The van der Waals surface area contributed by atoms with Gasteiger partial charge in [-0.2, -0.15) is 0 Å². The highest BCUT2D eigenvalue weighted by Gasteiger charge is 2.18. The summed E-state index contributed by atoms with van der Waals surface area (Å²) in [6.07, 6.45) is 7.77. The van der Waals surface area contributed by atoms with Gasteiger partial charge in [0.2, 0.25) is 0 Å². The first-order valence-corrected chi connectivity index (χ1v) is 13.5. The highest BCUT2D eigenvalue weighted by Crippen LogP contribution is 2.27. The van der Waals surface area contributed by atoms with Crippen molar-refractivity contribution in [1.82, 2.24) is 10.6 Å². The molecule has 0 amide bonds. The predicted molar refractivity (Wildman–Crippen MR) is 122 cm³/mol. The van der Waals surface area contributed by atoms with Gasteiger partial charge in [0.25, 0.3) is 0 Å². The van der Waals surface area contributed by atoms with E-state index in [1.807, 2.05) is 0 Å². The lowest BCUT2D eigenvalue weighted by atomic mass is 10.1. The highest BCUT2D eigenvalue weighted by atomic mass is 28.2. The molecular weight excluding hydrogens is 356 g/mol. The molecule has 4 nitrogen and oxygen atoms in total. The standard InChI is InChI=1S/C20H48N2O2Si2/c1-7-23-25-19(3,4)13-17-21-15-11-9-10-12-16-22-18-14-20(5,6)26-24-8-2/h21-22H,7-18,25-26H2,1-6H3. The van der Waals surface area contributed by atoms with E-state index in [1.165, 1.54) is 38.5 Å². The molecule has 0 aliphatic carbocycles. The molecule has 0 radical (unpaired) electrons. The lowest BCUT2D eigenvalue weighted by molar-refractivity contribution is 0.334. The number of rotatable bonds is 19. The summed E-state index contributed by atoms with van der Waals surface area (Å²) in [5.41, 5.74) is 0. The van der Waals surface area contributed by atoms with Crippen LogP contribution in [0, 0.1) is 0 Å². The third-order valence-electron chi connectivity index (χ3n) is 4.81. The van der Waals surface area contributed by atoms with Crippen molar-refractivity contribution >= 4 is 19.5 Å². The van der Waals surface area contributed by atoms with Crippen molar-refractivity contribution in [3.63, 3.8) is 0 Å². The molecule has 26 heavy (non-hydrogen) atoms. The summed E-state index contributed by atoms with van der Waals surface area (Å²) in [5, 5.41) is 8.06. The van der Waals surface area contributed by atoms with E-state index in [2.05, 4.69) is 52.2 Å². The molecule has 0 rings (SSSR count). The van der Waals surface area contributed by atoms with Gasteiger partial charge in [-0.15, -0.1) is 0 Å². The highest BCUT2D eigenvalue weighted by molar-refractivity contribution is 6.32.